The normalized spacial score (nSPS) is 10.8. The minimum Gasteiger partial charge on any atom is -0.340 e. The van der Waals surface area contributed by atoms with Crippen LogP contribution < -0.4 is 10.6 Å². The lowest BCUT2D eigenvalue weighted by molar-refractivity contribution is 0.870. The number of rotatable bonds is 4. The van der Waals surface area contributed by atoms with Crippen LogP contribution in [-0.4, -0.2) is 17.0 Å². The van der Waals surface area contributed by atoms with Gasteiger partial charge in [0.15, 0.2) is 0 Å². The second kappa shape index (κ2) is 5.89. The monoisotopic (exact) mass is 278 g/mol. The predicted molar refractivity (Wildman–Crippen MR) is 86.0 cm³/mol. The van der Waals surface area contributed by atoms with E-state index in [2.05, 4.69) is 22.1 Å². The molecule has 3 aromatic rings. The van der Waals surface area contributed by atoms with E-state index in [1.54, 1.807) is 0 Å². The van der Waals surface area contributed by atoms with Crippen molar-refractivity contribution in [1.29, 1.82) is 0 Å². The highest BCUT2D eigenvalue weighted by Gasteiger charge is 2.06. The Balaban J connectivity index is 1.84. The lowest BCUT2D eigenvalue weighted by atomic mass is 10.1. The summed E-state index contributed by atoms with van der Waals surface area (Å²) in [6.07, 6.45) is 1.87. The van der Waals surface area contributed by atoms with Crippen LogP contribution in [0.5, 0.6) is 0 Å². The molecule has 3 rings (SSSR count). The van der Waals surface area contributed by atoms with Gasteiger partial charge in [0.05, 0.1) is 5.52 Å². The molecule has 0 aliphatic rings. The van der Waals surface area contributed by atoms with Gasteiger partial charge < -0.3 is 10.6 Å². The summed E-state index contributed by atoms with van der Waals surface area (Å²) in [6.45, 7) is 1.32. The SMILES string of the molecule is CN(Cc1cccc(CN)c1)c1ncc2ccccc2n1. The van der Waals surface area contributed by atoms with E-state index in [-0.39, 0.29) is 0 Å². The molecule has 21 heavy (non-hydrogen) atoms. The average Bonchev–Trinajstić information content (AvgIpc) is 2.54. The van der Waals surface area contributed by atoms with Crippen molar-refractivity contribution in [2.75, 3.05) is 11.9 Å². The molecule has 106 valence electrons. The van der Waals surface area contributed by atoms with E-state index in [9.17, 15) is 0 Å². The van der Waals surface area contributed by atoms with Crippen molar-refractivity contribution in [3.8, 4) is 0 Å². The number of aromatic nitrogens is 2. The molecule has 0 atom stereocenters. The number of fused-ring (bicyclic) bond motifs is 1. The molecule has 4 nitrogen and oxygen atoms in total. The van der Waals surface area contributed by atoms with Gasteiger partial charge in [-0.1, -0.05) is 42.5 Å². The fourth-order valence-corrected chi connectivity index (χ4v) is 2.35. The average molecular weight is 278 g/mol. The van der Waals surface area contributed by atoms with Gasteiger partial charge in [-0.05, 0) is 17.2 Å². The standard InChI is InChI=1S/C17H18N4/c1-21(12-14-6-4-5-13(9-14)10-18)17-19-11-15-7-2-3-8-16(15)20-17/h2-9,11H,10,12,18H2,1H3. The zero-order chi connectivity index (χ0) is 14.7. The zero-order valence-electron chi connectivity index (χ0n) is 12.0. The number of nitrogens with zero attached hydrogens (tertiary/aromatic N) is 3. The lowest BCUT2D eigenvalue weighted by Crippen LogP contribution is -2.19. The van der Waals surface area contributed by atoms with Gasteiger partial charge in [0.1, 0.15) is 0 Å². The quantitative estimate of drug-likeness (QED) is 0.797. The molecule has 0 bridgehead atoms. The van der Waals surface area contributed by atoms with Crippen molar-refractivity contribution in [2.24, 2.45) is 5.73 Å². The van der Waals surface area contributed by atoms with E-state index >= 15 is 0 Å². The molecule has 2 aromatic carbocycles. The molecular formula is C17H18N4. The van der Waals surface area contributed by atoms with Crippen molar-refractivity contribution in [2.45, 2.75) is 13.1 Å². The number of benzene rings is 2. The molecular weight excluding hydrogens is 260 g/mol. The van der Waals surface area contributed by atoms with Crippen LogP contribution in [-0.2, 0) is 13.1 Å². The highest BCUT2D eigenvalue weighted by Crippen LogP contribution is 2.16. The molecule has 0 amide bonds. The van der Waals surface area contributed by atoms with E-state index in [0.717, 1.165) is 29.0 Å². The topological polar surface area (TPSA) is 55.0 Å². The van der Waals surface area contributed by atoms with Crippen molar-refractivity contribution in [1.82, 2.24) is 9.97 Å². The lowest BCUT2D eigenvalue weighted by Gasteiger charge is -2.17. The summed E-state index contributed by atoms with van der Waals surface area (Å²) in [7, 11) is 2.00. The van der Waals surface area contributed by atoms with Gasteiger partial charge in [0, 0.05) is 31.7 Å². The summed E-state index contributed by atoms with van der Waals surface area (Å²) < 4.78 is 0. The highest BCUT2D eigenvalue weighted by molar-refractivity contribution is 5.78. The Labute approximate surface area is 124 Å². The Kier molecular flexibility index (Phi) is 3.79. The highest BCUT2D eigenvalue weighted by atomic mass is 15.2. The van der Waals surface area contributed by atoms with Crippen LogP contribution in [0.4, 0.5) is 5.95 Å². The largest absolute Gasteiger partial charge is 0.340 e. The fourth-order valence-electron chi connectivity index (χ4n) is 2.35. The third kappa shape index (κ3) is 3.01. The van der Waals surface area contributed by atoms with E-state index in [0.29, 0.717) is 6.54 Å². The molecule has 0 aliphatic heterocycles. The summed E-state index contributed by atoms with van der Waals surface area (Å²) in [5.74, 6) is 0.729. The Morgan fingerprint density at radius 1 is 1.05 bits per heavy atom. The Bertz CT molecular complexity index is 754. The number of nitrogens with two attached hydrogens (primary N) is 1. The van der Waals surface area contributed by atoms with E-state index in [1.807, 2.05) is 54.5 Å². The van der Waals surface area contributed by atoms with Crippen LogP contribution in [0.3, 0.4) is 0 Å². The zero-order valence-corrected chi connectivity index (χ0v) is 12.0. The number of hydrogen-bond acceptors (Lipinski definition) is 4. The van der Waals surface area contributed by atoms with E-state index < -0.39 is 0 Å². The van der Waals surface area contributed by atoms with Crippen LogP contribution in [0.1, 0.15) is 11.1 Å². The number of hydrogen-bond donors (Lipinski definition) is 1. The predicted octanol–water partition coefficient (Wildman–Crippen LogP) is 2.72. The Morgan fingerprint density at radius 2 is 1.86 bits per heavy atom. The molecule has 0 spiro atoms. The van der Waals surface area contributed by atoms with Crippen molar-refractivity contribution in [3.05, 3.63) is 65.9 Å². The number of anilines is 1. The summed E-state index contributed by atoms with van der Waals surface area (Å²) in [5.41, 5.74) is 8.99. The van der Waals surface area contributed by atoms with E-state index in [4.69, 9.17) is 5.73 Å². The van der Waals surface area contributed by atoms with Crippen LogP contribution in [0, 0.1) is 0 Å². The summed E-state index contributed by atoms with van der Waals surface area (Å²) in [5, 5.41) is 1.06. The molecule has 0 unspecified atom stereocenters. The first-order valence-electron chi connectivity index (χ1n) is 6.97. The van der Waals surface area contributed by atoms with E-state index in [1.165, 1.54) is 5.56 Å². The second-order valence-corrected chi connectivity index (χ2v) is 5.11. The molecule has 0 aliphatic carbocycles. The van der Waals surface area contributed by atoms with Crippen LogP contribution in [0.25, 0.3) is 10.9 Å². The smallest absolute Gasteiger partial charge is 0.225 e. The van der Waals surface area contributed by atoms with Crippen molar-refractivity contribution >= 4 is 16.9 Å². The summed E-state index contributed by atoms with van der Waals surface area (Å²) in [6, 6.07) is 16.3. The molecule has 0 radical (unpaired) electrons. The second-order valence-electron chi connectivity index (χ2n) is 5.11. The van der Waals surface area contributed by atoms with Crippen molar-refractivity contribution < 1.29 is 0 Å². The molecule has 0 saturated heterocycles. The first-order valence-corrected chi connectivity index (χ1v) is 6.97. The summed E-state index contributed by atoms with van der Waals surface area (Å²) in [4.78, 5) is 11.1. The van der Waals surface area contributed by atoms with Gasteiger partial charge in [-0.15, -0.1) is 0 Å². The maximum Gasteiger partial charge on any atom is 0.225 e. The summed E-state index contributed by atoms with van der Waals surface area (Å²) >= 11 is 0. The Morgan fingerprint density at radius 3 is 2.71 bits per heavy atom. The van der Waals surface area contributed by atoms with Crippen LogP contribution >= 0.6 is 0 Å². The first-order chi connectivity index (χ1) is 10.3. The van der Waals surface area contributed by atoms with Gasteiger partial charge in [-0.2, -0.15) is 0 Å². The molecule has 0 saturated carbocycles. The molecule has 1 heterocycles. The van der Waals surface area contributed by atoms with Crippen molar-refractivity contribution in [3.63, 3.8) is 0 Å². The van der Waals surface area contributed by atoms with Gasteiger partial charge in [0.2, 0.25) is 5.95 Å². The maximum atomic E-state index is 5.68. The minimum absolute atomic E-state index is 0.560. The first kappa shape index (κ1) is 13.5. The third-order valence-corrected chi connectivity index (χ3v) is 3.46. The Hall–Kier alpha value is -2.46. The van der Waals surface area contributed by atoms with Gasteiger partial charge >= 0.3 is 0 Å². The molecule has 2 N–H and O–H groups in total. The fraction of sp³-hybridized carbons (Fsp3) is 0.176. The van der Waals surface area contributed by atoms with Gasteiger partial charge in [-0.3, -0.25) is 0 Å². The number of para-hydroxylation sites is 1. The maximum absolute atomic E-state index is 5.68. The minimum atomic E-state index is 0.560. The van der Waals surface area contributed by atoms with Crippen LogP contribution in [0.15, 0.2) is 54.7 Å². The molecule has 4 heteroatoms. The molecule has 1 aromatic heterocycles. The third-order valence-electron chi connectivity index (χ3n) is 3.46. The van der Waals surface area contributed by atoms with Crippen LogP contribution in [0.2, 0.25) is 0 Å². The van der Waals surface area contributed by atoms with Gasteiger partial charge in [0.25, 0.3) is 0 Å². The van der Waals surface area contributed by atoms with Gasteiger partial charge in [-0.25, -0.2) is 9.97 Å². The molecule has 0 fully saturated rings.